The molecule has 120 valence electrons. The van der Waals surface area contributed by atoms with Crippen LogP contribution in [-0.4, -0.2) is 20.2 Å². The molecule has 2 aromatic heterocycles. The Labute approximate surface area is 145 Å². The van der Waals surface area contributed by atoms with E-state index >= 15 is 0 Å². The maximum absolute atomic E-state index is 4.21. The first kappa shape index (κ1) is 16.9. The van der Waals surface area contributed by atoms with Crippen molar-refractivity contribution in [3.8, 4) is 0 Å². The van der Waals surface area contributed by atoms with Gasteiger partial charge in [0.1, 0.15) is 11.8 Å². The molecule has 2 heterocycles. The minimum atomic E-state index is 0. The van der Waals surface area contributed by atoms with Crippen molar-refractivity contribution < 1.29 is 17.1 Å². The van der Waals surface area contributed by atoms with Gasteiger partial charge in [0, 0.05) is 17.1 Å². The molecule has 0 atom stereocenters. The average Bonchev–Trinajstić information content (AvgIpc) is 3.30. The zero-order valence-corrected chi connectivity index (χ0v) is 13.5. The van der Waals surface area contributed by atoms with Crippen LogP contribution in [-0.2, 0) is 23.6 Å². The number of anilines is 1. The Morgan fingerprint density at radius 3 is 2.57 bits per heavy atom. The van der Waals surface area contributed by atoms with E-state index in [4.69, 9.17) is 0 Å². The first-order chi connectivity index (χ1) is 10.8. The maximum atomic E-state index is 4.21. The van der Waals surface area contributed by atoms with Crippen molar-refractivity contribution >= 4 is 16.9 Å². The normalized spacial score (nSPS) is 9.78. The number of aromatic nitrogens is 4. The summed E-state index contributed by atoms with van der Waals surface area (Å²) >= 11 is 0. The van der Waals surface area contributed by atoms with Crippen LogP contribution in [0.15, 0.2) is 36.7 Å². The summed E-state index contributed by atoms with van der Waals surface area (Å²) in [6.07, 6.45) is 1.55. The monoisotopic (exact) mass is 343 g/mol. The van der Waals surface area contributed by atoms with Crippen LogP contribution in [0.3, 0.4) is 0 Å². The molecule has 2 N–H and O–H groups in total. The summed E-state index contributed by atoms with van der Waals surface area (Å²) in [6, 6.07) is 20.2. The molecule has 4 rings (SSSR count). The van der Waals surface area contributed by atoms with Crippen LogP contribution in [0.2, 0.25) is 0 Å². The number of H-pyrrole nitrogens is 1. The smallest absolute Gasteiger partial charge is 0.157 e. The van der Waals surface area contributed by atoms with Crippen molar-refractivity contribution in [2.45, 2.75) is 13.5 Å². The molecule has 23 heavy (non-hydrogen) atoms. The third kappa shape index (κ3) is 4.28. The third-order valence-electron chi connectivity index (χ3n) is 3.06. The van der Waals surface area contributed by atoms with E-state index in [1.54, 1.807) is 12.4 Å². The Morgan fingerprint density at radius 2 is 1.91 bits per heavy atom. The van der Waals surface area contributed by atoms with Crippen LogP contribution in [0.5, 0.6) is 0 Å². The average molecular weight is 343 g/mol. The van der Waals surface area contributed by atoms with Crippen molar-refractivity contribution in [2.24, 2.45) is 0 Å². The predicted molar refractivity (Wildman–Crippen MR) is 83.2 cm³/mol. The summed E-state index contributed by atoms with van der Waals surface area (Å²) in [7, 11) is 0. The molecule has 5 nitrogen and oxygen atoms in total. The summed E-state index contributed by atoms with van der Waals surface area (Å²) < 4.78 is 0. The van der Waals surface area contributed by atoms with E-state index in [0.29, 0.717) is 0 Å². The van der Waals surface area contributed by atoms with Crippen molar-refractivity contribution in [3.05, 3.63) is 72.2 Å². The number of fused-ring (bicyclic) bond motifs is 1. The van der Waals surface area contributed by atoms with Crippen molar-refractivity contribution in [1.29, 1.82) is 0 Å². The van der Waals surface area contributed by atoms with E-state index in [2.05, 4.69) is 61.9 Å². The summed E-state index contributed by atoms with van der Waals surface area (Å²) in [5, 5.41) is 10.4. The molecule has 0 unspecified atom stereocenters. The molecule has 0 saturated carbocycles. The van der Waals surface area contributed by atoms with E-state index in [1.165, 1.54) is 5.56 Å². The second kappa shape index (κ2) is 8.27. The van der Waals surface area contributed by atoms with E-state index < -0.39 is 0 Å². The van der Waals surface area contributed by atoms with Gasteiger partial charge in [-0.2, -0.15) is 17.2 Å². The van der Waals surface area contributed by atoms with Gasteiger partial charge in [-0.1, -0.05) is 0 Å². The Bertz CT molecular complexity index is 786. The maximum Gasteiger partial charge on any atom is 0.157 e. The number of hydrogen-bond acceptors (Lipinski definition) is 4. The predicted octanol–water partition coefficient (Wildman–Crippen LogP) is 2.60. The number of hydrogen-bond donors (Lipinski definition) is 2. The Hall–Kier alpha value is -2.43. The molecule has 0 aliphatic rings. The Balaban J connectivity index is 0.000000276. The number of nitrogens with one attached hydrogen (secondary N) is 2. The van der Waals surface area contributed by atoms with E-state index in [-0.39, 0.29) is 17.1 Å². The third-order valence-corrected chi connectivity index (χ3v) is 3.06. The van der Waals surface area contributed by atoms with Crippen molar-refractivity contribution in [3.63, 3.8) is 0 Å². The van der Waals surface area contributed by atoms with Crippen LogP contribution in [0.4, 0.5) is 5.82 Å². The van der Waals surface area contributed by atoms with Gasteiger partial charge in [0.15, 0.2) is 11.3 Å². The van der Waals surface area contributed by atoms with E-state index in [1.807, 2.05) is 19.1 Å². The van der Waals surface area contributed by atoms with Gasteiger partial charge < -0.3 is 35.6 Å². The van der Waals surface area contributed by atoms with Gasteiger partial charge in [0.2, 0.25) is 0 Å². The van der Waals surface area contributed by atoms with Gasteiger partial charge in [-0.25, -0.2) is 22.1 Å². The summed E-state index contributed by atoms with van der Waals surface area (Å²) in [5.74, 6) is 0.764. The molecule has 0 amide bonds. The van der Waals surface area contributed by atoms with Gasteiger partial charge in [-0.3, -0.25) is 5.10 Å². The number of aromatic amines is 1. The first-order valence-electron chi connectivity index (χ1n) is 6.77. The molecule has 0 radical (unpaired) electrons. The fourth-order valence-electron chi connectivity index (χ4n) is 1.98. The molecule has 0 saturated heterocycles. The fraction of sp³-hybridized carbons (Fsp3) is 0.118. The number of rotatable bonds is 3. The van der Waals surface area contributed by atoms with Gasteiger partial charge >= 0.3 is 0 Å². The molecule has 6 heteroatoms. The zero-order chi connectivity index (χ0) is 15.2. The number of aryl methyl sites for hydroxylation is 1. The first-order valence-corrected chi connectivity index (χ1v) is 6.77. The summed E-state index contributed by atoms with van der Waals surface area (Å²) in [6.45, 7) is 2.69. The van der Waals surface area contributed by atoms with Gasteiger partial charge in [-0.05, 0) is 13.5 Å². The second-order valence-corrected chi connectivity index (χ2v) is 4.60. The van der Waals surface area contributed by atoms with Crippen LogP contribution in [0, 0.1) is 31.2 Å². The Morgan fingerprint density at radius 1 is 1.17 bits per heavy atom. The molecule has 0 bridgehead atoms. The molecule has 0 aliphatic heterocycles. The molecular formula is C17H13FeN5-6. The van der Waals surface area contributed by atoms with E-state index in [0.717, 1.165) is 29.1 Å². The molecule has 0 spiro atoms. The minimum Gasteiger partial charge on any atom is -0.999 e. The summed E-state index contributed by atoms with van der Waals surface area (Å²) in [4.78, 5) is 8.42. The molecule has 4 aromatic rings. The summed E-state index contributed by atoms with van der Waals surface area (Å²) in [5.41, 5.74) is 3.84. The van der Waals surface area contributed by atoms with E-state index in [9.17, 15) is 0 Å². The Kier molecular flexibility index (Phi) is 6.09. The molecule has 0 fully saturated rings. The zero-order valence-electron chi connectivity index (χ0n) is 12.4. The van der Waals surface area contributed by atoms with Gasteiger partial charge in [-0.15, -0.1) is 5.56 Å². The largest absolute Gasteiger partial charge is 0.999 e. The van der Waals surface area contributed by atoms with Crippen molar-refractivity contribution in [2.75, 3.05) is 5.32 Å². The topological polar surface area (TPSA) is 66.5 Å². The standard InChI is InChI=1S/C12H12N5.C5H.Fe/c1-8-10-11(17-16-8)12(15-7-14-10)13-6-9-4-2-3-5-9;1-2-4-5-3-1;/h2-5,7H,6H2,1H3,(H,16,17)(H,13,14,15);1H;/q-1;-5;. The van der Waals surface area contributed by atoms with Crippen LogP contribution < -0.4 is 5.32 Å². The molecule has 0 aliphatic carbocycles. The van der Waals surface area contributed by atoms with Crippen LogP contribution >= 0.6 is 0 Å². The molecule has 2 aromatic carbocycles. The SMILES string of the molecule is Cc1[nH]nc2c(NC[c-]3cccc3)ncnc12.[Fe].[c-]1[c-][c-][cH-][c-]1. The van der Waals surface area contributed by atoms with Crippen LogP contribution in [0.25, 0.3) is 11.0 Å². The minimum absolute atomic E-state index is 0. The second-order valence-electron chi connectivity index (χ2n) is 4.60. The van der Waals surface area contributed by atoms with Gasteiger partial charge in [0.05, 0.1) is 5.69 Å². The van der Waals surface area contributed by atoms with Crippen LogP contribution in [0.1, 0.15) is 11.3 Å². The quantitative estimate of drug-likeness (QED) is 0.443. The van der Waals surface area contributed by atoms with Crippen molar-refractivity contribution in [1.82, 2.24) is 20.2 Å². The van der Waals surface area contributed by atoms with Gasteiger partial charge in [0.25, 0.3) is 0 Å². The fourth-order valence-corrected chi connectivity index (χ4v) is 1.98. The molecular weight excluding hydrogens is 330 g/mol. The number of nitrogens with zero attached hydrogens (tertiary/aromatic N) is 3.